The van der Waals surface area contributed by atoms with E-state index in [9.17, 15) is 23.3 Å². The molecule has 1 aliphatic rings. The molecule has 1 unspecified atom stereocenters. The summed E-state index contributed by atoms with van der Waals surface area (Å²) < 4.78 is 22.6. The molecular weight excluding hydrogens is 310 g/mol. The molecule has 0 saturated carbocycles. The van der Waals surface area contributed by atoms with Gasteiger partial charge >= 0.3 is 0 Å². The van der Waals surface area contributed by atoms with Crippen LogP contribution >= 0.6 is 11.6 Å². The van der Waals surface area contributed by atoms with Crippen LogP contribution in [0.3, 0.4) is 0 Å². The van der Waals surface area contributed by atoms with Crippen molar-refractivity contribution in [3.63, 3.8) is 0 Å². The van der Waals surface area contributed by atoms with Crippen LogP contribution in [0, 0.1) is 10.1 Å². The van der Waals surface area contributed by atoms with Crippen LogP contribution < -0.4 is 10.0 Å². The van der Waals surface area contributed by atoms with Crippen molar-refractivity contribution in [2.45, 2.75) is 11.7 Å². The minimum atomic E-state index is -3.90. The number of primary sulfonamides is 1. The second-order valence-corrected chi connectivity index (χ2v) is 6.54. The Kier molecular flexibility index (Phi) is 3.67. The van der Waals surface area contributed by atoms with Gasteiger partial charge in [-0.2, -0.15) is 0 Å². The lowest BCUT2D eigenvalue weighted by molar-refractivity contribution is -0.384. The second kappa shape index (κ2) is 5.00. The zero-order chi connectivity index (χ0) is 15.1. The van der Waals surface area contributed by atoms with E-state index in [-0.39, 0.29) is 29.4 Å². The number of hydrogen-bond acceptors (Lipinski definition) is 5. The Morgan fingerprint density at radius 3 is 2.60 bits per heavy atom. The molecule has 1 aliphatic heterocycles. The third-order valence-corrected chi connectivity index (χ3v) is 4.54. The predicted octanol–water partition coefficient (Wildman–Crippen LogP) is 0.642. The van der Waals surface area contributed by atoms with Gasteiger partial charge in [-0.05, 0) is 6.07 Å². The molecule has 0 radical (unpaired) electrons. The van der Waals surface area contributed by atoms with Gasteiger partial charge in [0.05, 0.1) is 9.95 Å². The summed E-state index contributed by atoms with van der Waals surface area (Å²) in [7, 11) is -3.90. The van der Waals surface area contributed by atoms with Gasteiger partial charge in [-0.1, -0.05) is 17.7 Å². The zero-order valence-electron chi connectivity index (χ0n) is 10.0. The number of amides is 1. The largest absolute Gasteiger partial charge is 0.304 e. The molecule has 10 heteroatoms. The van der Waals surface area contributed by atoms with Crippen molar-refractivity contribution in [1.82, 2.24) is 0 Å². The number of nitrogens with two attached hydrogens (primary N) is 1. The Morgan fingerprint density at radius 2 is 2.10 bits per heavy atom. The normalized spacial score (nSPS) is 19.4. The lowest BCUT2D eigenvalue weighted by Crippen LogP contribution is -2.32. The lowest BCUT2D eigenvalue weighted by Gasteiger charge is -2.17. The molecule has 108 valence electrons. The lowest BCUT2D eigenvalue weighted by atomic mass is 10.2. The number of nitro groups is 1. The highest BCUT2D eigenvalue weighted by atomic mass is 35.5. The third-order valence-electron chi connectivity index (χ3n) is 2.99. The molecule has 1 saturated heterocycles. The average Bonchev–Trinajstić information content (AvgIpc) is 2.70. The van der Waals surface area contributed by atoms with Gasteiger partial charge in [-0.15, -0.1) is 0 Å². The number of rotatable bonds is 3. The highest BCUT2D eigenvalue weighted by molar-refractivity contribution is 7.89. The molecule has 2 rings (SSSR count). The summed E-state index contributed by atoms with van der Waals surface area (Å²) in [6.07, 6.45) is -0.318. The average molecular weight is 320 g/mol. The topological polar surface area (TPSA) is 124 Å². The maximum Gasteiger partial charge on any atom is 0.294 e. The van der Waals surface area contributed by atoms with Gasteiger partial charge in [0, 0.05) is 19.0 Å². The minimum Gasteiger partial charge on any atom is -0.304 e. The van der Waals surface area contributed by atoms with Gasteiger partial charge in [-0.3, -0.25) is 14.9 Å². The highest BCUT2D eigenvalue weighted by Gasteiger charge is 2.40. The van der Waals surface area contributed by atoms with Gasteiger partial charge < -0.3 is 4.90 Å². The Labute approximate surface area is 119 Å². The Hall–Kier alpha value is -1.71. The van der Waals surface area contributed by atoms with Crippen molar-refractivity contribution >= 4 is 38.9 Å². The first-order valence-electron chi connectivity index (χ1n) is 5.46. The van der Waals surface area contributed by atoms with E-state index in [1.54, 1.807) is 0 Å². The van der Waals surface area contributed by atoms with Crippen molar-refractivity contribution in [3.8, 4) is 0 Å². The molecule has 1 aromatic carbocycles. The van der Waals surface area contributed by atoms with Gasteiger partial charge in [0.15, 0.2) is 0 Å². The zero-order valence-corrected chi connectivity index (χ0v) is 11.6. The standard InChI is InChI=1S/C10H10ClN3O5S/c11-7-2-1-3-8(14(16)17)10(7)13-5-6(4-9(13)15)20(12,18)19/h1-3,6H,4-5H2,(H2,12,18,19). The summed E-state index contributed by atoms with van der Waals surface area (Å²) in [6, 6.07) is 3.96. The number of hydrogen-bond donors (Lipinski definition) is 1. The van der Waals surface area contributed by atoms with E-state index in [2.05, 4.69) is 0 Å². The van der Waals surface area contributed by atoms with Crippen molar-refractivity contribution < 1.29 is 18.1 Å². The third kappa shape index (κ3) is 2.60. The van der Waals surface area contributed by atoms with Gasteiger partial charge in [0.25, 0.3) is 5.69 Å². The number of nitro benzene ring substituents is 1. The fourth-order valence-corrected chi connectivity index (χ4v) is 3.03. The number of para-hydroxylation sites is 1. The molecule has 0 bridgehead atoms. The van der Waals surface area contributed by atoms with Crippen LogP contribution in [-0.4, -0.2) is 31.0 Å². The quantitative estimate of drug-likeness (QED) is 0.646. The molecule has 20 heavy (non-hydrogen) atoms. The minimum absolute atomic E-state index is 0.00243. The first-order valence-corrected chi connectivity index (χ1v) is 7.45. The second-order valence-electron chi connectivity index (χ2n) is 4.28. The summed E-state index contributed by atoms with van der Waals surface area (Å²) in [5.74, 6) is -0.569. The number of benzene rings is 1. The van der Waals surface area contributed by atoms with Crippen LogP contribution in [0.15, 0.2) is 18.2 Å². The molecular formula is C10H10ClN3O5S. The van der Waals surface area contributed by atoms with E-state index < -0.39 is 26.1 Å². The van der Waals surface area contributed by atoms with Crippen LogP contribution in [-0.2, 0) is 14.8 Å². The van der Waals surface area contributed by atoms with Crippen LogP contribution in [0.2, 0.25) is 5.02 Å². The molecule has 1 aromatic rings. The first-order chi connectivity index (χ1) is 9.21. The van der Waals surface area contributed by atoms with Crippen molar-refractivity contribution in [3.05, 3.63) is 33.3 Å². The number of nitrogens with zero attached hydrogens (tertiary/aromatic N) is 2. The van der Waals surface area contributed by atoms with Crippen LogP contribution in [0.1, 0.15) is 6.42 Å². The monoisotopic (exact) mass is 319 g/mol. The van der Waals surface area contributed by atoms with Gasteiger partial charge in [0.1, 0.15) is 10.9 Å². The Balaban J connectivity index is 2.48. The Morgan fingerprint density at radius 1 is 1.45 bits per heavy atom. The molecule has 0 aromatic heterocycles. The van der Waals surface area contributed by atoms with Crippen molar-refractivity contribution in [2.75, 3.05) is 11.4 Å². The predicted molar refractivity (Wildman–Crippen MR) is 72.0 cm³/mol. The molecule has 1 fully saturated rings. The molecule has 2 N–H and O–H groups in total. The van der Waals surface area contributed by atoms with E-state index in [1.165, 1.54) is 18.2 Å². The van der Waals surface area contributed by atoms with Gasteiger partial charge in [-0.25, -0.2) is 13.6 Å². The molecule has 0 aliphatic carbocycles. The van der Waals surface area contributed by atoms with Crippen LogP contribution in [0.25, 0.3) is 0 Å². The van der Waals surface area contributed by atoms with Crippen molar-refractivity contribution in [2.24, 2.45) is 5.14 Å². The fraction of sp³-hybridized carbons (Fsp3) is 0.300. The van der Waals surface area contributed by atoms with E-state index in [4.69, 9.17) is 16.7 Å². The number of anilines is 1. The van der Waals surface area contributed by atoms with Crippen LogP contribution in [0.4, 0.5) is 11.4 Å². The number of carbonyl (C=O) groups is 1. The van der Waals surface area contributed by atoms with Crippen LogP contribution in [0.5, 0.6) is 0 Å². The van der Waals surface area contributed by atoms with E-state index in [0.717, 1.165) is 4.90 Å². The summed E-state index contributed by atoms with van der Waals surface area (Å²) in [5, 5.41) is 14.9. The van der Waals surface area contributed by atoms with Gasteiger partial charge in [0.2, 0.25) is 15.9 Å². The van der Waals surface area contributed by atoms with E-state index in [1.807, 2.05) is 0 Å². The summed E-state index contributed by atoms with van der Waals surface area (Å²) in [4.78, 5) is 23.2. The van der Waals surface area contributed by atoms with E-state index >= 15 is 0 Å². The van der Waals surface area contributed by atoms with Crippen molar-refractivity contribution in [1.29, 1.82) is 0 Å². The number of sulfonamides is 1. The SMILES string of the molecule is NS(=O)(=O)C1CC(=O)N(c2c(Cl)cccc2[N+](=O)[O-])C1. The Bertz CT molecular complexity index is 690. The summed E-state index contributed by atoms with van der Waals surface area (Å²) in [6.45, 7) is -0.248. The molecule has 1 heterocycles. The maximum atomic E-state index is 11.9. The number of halogens is 1. The molecule has 1 atom stereocenters. The molecule has 8 nitrogen and oxygen atoms in total. The highest BCUT2D eigenvalue weighted by Crippen LogP contribution is 2.38. The first kappa shape index (κ1) is 14.7. The smallest absolute Gasteiger partial charge is 0.294 e. The summed E-state index contributed by atoms with van der Waals surface area (Å²) in [5.41, 5.74) is -0.462. The van der Waals surface area contributed by atoms with E-state index in [0.29, 0.717) is 0 Å². The molecule has 0 spiro atoms. The maximum absolute atomic E-state index is 11.9. The summed E-state index contributed by atoms with van der Waals surface area (Å²) >= 11 is 5.90. The molecule has 1 amide bonds. The number of carbonyl (C=O) groups excluding carboxylic acids is 1. The fourth-order valence-electron chi connectivity index (χ4n) is 2.03.